The first kappa shape index (κ1) is 14.0. The molecule has 0 saturated carbocycles. The molecule has 9 heteroatoms. The number of carboxylic acids is 1. The number of aromatic nitrogens is 3. The molecule has 2 amide bonds. The zero-order chi connectivity index (χ0) is 14.7. The Morgan fingerprint density at radius 3 is 2.90 bits per heavy atom. The average molecular weight is 281 g/mol. The van der Waals surface area contributed by atoms with Gasteiger partial charge in [0.15, 0.2) is 5.69 Å². The molecule has 2 rings (SSSR count). The number of nitrogens with zero attached hydrogens (tertiary/aromatic N) is 4. The summed E-state index contributed by atoms with van der Waals surface area (Å²) in [6.45, 7) is 0.372. The Bertz CT molecular complexity index is 541. The lowest BCUT2D eigenvalue weighted by Crippen LogP contribution is -2.49. The van der Waals surface area contributed by atoms with Crippen LogP contribution < -0.4 is 5.32 Å². The molecule has 0 aliphatic carbocycles. The summed E-state index contributed by atoms with van der Waals surface area (Å²) >= 11 is 0. The lowest BCUT2D eigenvalue weighted by molar-refractivity contribution is -0.134. The van der Waals surface area contributed by atoms with Gasteiger partial charge in [0.25, 0.3) is 0 Å². The Balaban J connectivity index is 1.86. The summed E-state index contributed by atoms with van der Waals surface area (Å²) in [6, 6.07) is -0.0901. The van der Waals surface area contributed by atoms with Crippen LogP contribution in [0.3, 0.4) is 0 Å². The molecule has 1 fully saturated rings. The molecule has 2 N–H and O–H groups in total. The van der Waals surface area contributed by atoms with Crippen LogP contribution in [0.1, 0.15) is 23.3 Å². The number of carboxylic acid groups (broad SMARTS) is 1. The fraction of sp³-hybridized carbons (Fsp3) is 0.545. The van der Waals surface area contributed by atoms with Crippen molar-refractivity contribution in [3.8, 4) is 0 Å². The third-order valence-corrected chi connectivity index (χ3v) is 3.06. The van der Waals surface area contributed by atoms with Gasteiger partial charge >= 0.3 is 5.97 Å². The highest BCUT2D eigenvalue weighted by atomic mass is 16.4. The van der Waals surface area contributed by atoms with Crippen LogP contribution in [0.5, 0.6) is 0 Å². The molecule has 9 nitrogen and oxygen atoms in total. The van der Waals surface area contributed by atoms with Crippen molar-refractivity contribution in [2.24, 2.45) is 0 Å². The third-order valence-electron chi connectivity index (χ3n) is 3.06. The van der Waals surface area contributed by atoms with Crippen molar-refractivity contribution < 1.29 is 19.5 Å². The van der Waals surface area contributed by atoms with Gasteiger partial charge in [-0.2, -0.15) is 0 Å². The molecule has 1 aromatic heterocycles. The van der Waals surface area contributed by atoms with Crippen molar-refractivity contribution in [1.29, 1.82) is 0 Å². The minimum absolute atomic E-state index is 0.0675. The van der Waals surface area contributed by atoms with Gasteiger partial charge in [0.2, 0.25) is 11.8 Å². The van der Waals surface area contributed by atoms with Gasteiger partial charge in [0, 0.05) is 26.1 Å². The summed E-state index contributed by atoms with van der Waals surface area (Å²) in [7, 11) is 1.69. The van der Waals surface area contributed by atoms with Gasteiger partial charge in [-0.25, -0.2) is 9.48 Å². The molecule has 0 spiro atoms. The minimum Gasteiger partial charge on any atom is -0.476 e. The second-order valence-corrected chi connectivity index (χ2v) is 4.68. The van der Waals surface area contributed by atoms with Crippen LogP contribution in [0.25, 0.3) is 0 Å². The Kier molecular flexibility index (Phi) is 3.97. The maximum absolute atomic E-state index is 11.8. The molecule has 1 aliphatic heterocycles. The number of likely N-dealkylation sites (N-methyl/N-ethyl adjacent to an activating group) is 1. The maximum Gasteiger partial charge on any atom is 0.358 e. The second-order valence-electron chi connectivity index (χ2n) is 4.68. The van der Waals surface area contributed by atoms with Crippen LogP contribution in [-0.4, -0.2) is 62.4 Å². The van der Waals surface area contributed by atoms with E-state index in [2.05, 4.69) is 15.6 Å². The first-order valence-corrected chi connectivity index (χ1v) is 6.12. The largest absolute Gasteiger partial charge is 0.476 e. The van der Waals surface area contributed by atoms with Crippen LogP contribution in [0.4, 0.5) is 0 Å². The van der Waals surface area contributed by atoms with E-state index in [1.54, 1.807) is 11.9 Å². The number of carbonyl (C=O) groups is 3. The van der Waals surface area contributed by atoms with Gasteiger partial charge in [0.1, 0.15) is 6.54 Å². The van der Waals surface area contributed by atoms with Crippen molar-refractivity contribution in [1.82, 2.24) is 25.2 Å². The normalized spacial score (nSPS) is 18.9. The van der Waals surface area contributed by atoms with Crippen molar-refractivity contribution in [3.63, 3.8) is 0 Å². The van der Waals surface area contributed by atoms with Gasteiger partial charge in [-0.3, -0.25) is 9.59 Å². The number of nitrogens with one attached hydrogen (secondary N) is 1. The first-order valence-electron chi connectivity index (χ1n) is 6.12. The lowest BCUT2D eigenvalue weighted by Gasteiger charge is -2.30. The van der Waals surface area contributed by atoms with E-state index in [-0.39, 0.29) is 30.1 Å². The number of carbonyl (C=O) groups excluding carboxylic acids is 2. The van der Waals surface area contributed by atoms with E-state index in [0.29, 0.717) is 19.4 Å². The zero-order valence-corrected chi connectivity index (χ0v) is 10.9. The van der Waals surface area contributed by atoms with Crippen LogP contribution in [0.15, 0.2) is 6.20 Å². The van der Waals surface area contributed by atoms with Gasteiger partial charge in [0.05, 0.1) is 6.20 Å². The van der Waals surface area contributed by atoms with Crippen LogP contribution >= 0.6 is 0 Å². The Hall–Kier alpha value is -2.45. The van der Waals surface area contributed by atoms with Crippen LogP contribution in [-0.2, 0) is 16.1 Å². The molecule has 1 unspecified atom stereocenters. The summed E-state index contributed by atoms with van der Waals surface area (Å²) in [5.74, 6) is -1.42. The van der Waals surface area contributed by atoms with Gasteiger partial charge < -0.3 is 15.3 Å². The van der Waals surface area contributed by atoms with Gasteiger partial charge in [-0.05, 0) is 6.42 Å². The molecule has 0 radical (unpaired) electrons. The highest BCUT2D eigenvalue weighted by Crippen LogP contribution is 2.09. The molecule has 1 atom stereocenters. The highest BCUT2D eigenvalue weighted by Gasteiger charge is 2.24. The number of aromatic carboxylic acids is 1. The van der Waals surface area contributed by atoms with E-state index < -0.39 is 5.97 Å². The quantitative estimate of drug-likeness (QED) is 0.709. The summed E-state index contributed by atoms with van der Waals surface area (Å²) in [5.41, 5.74) is -0.208. The number of likely N-dealkylation sites (tertiary alicyclic amines) is 1. The number of hydrogen-bond acceptors (Lipinski definition) is 5. The smallest absolute Gasteiger partial charge is 0.358 e. The monoisotopic (exact) mass is 281 g/mol. The van der Waals surface area contributed by atoms with E-state index in [4.69, 9.17) is 5.11 Å². The molecule has 1 aliphatic rings. The number of piperidine rings is 1. The summed E-state index contributed by atoms with van der Waals surface area (Å²) in [4.78, 5) is 35.3. The molecule has 108 valence electrons. The average Bonchev–Trinajstić information content (AvgIpc) is 2.82. The molecule has 0 bridgehead atoms. The standard InChI is InChI=1S/C11H15N5O4/c1-15-4-7(2-3-10(15)18)12-9(17)6-16-5-8(11(19)20)13-14-16/h5,7H,2-4,6H2,1H3,(H,12,17)(H,19,20). The zero-order valence-electron chi connectivity index (χ0n) is 10.9. The van der Waals surface area contributed by atoms with E-state index in [1.807, 2.05) is 0 Å². The minimum atomic E-state index is -1.19. The van der Waals surface area contributed by atoms with Crippen molar-refractivity contribution in [3.05, 3.63) is 11.9 Å². The van der Waals surface area contributed by atoms with Crippen molar-refractivity contribution >= 4 is 17.8 Å². The Morgan fingerprint density at radius 2 is 2.30 bits per heavy atom. The maximum atomic E-state index is 11.8. The Labute approximate surface area is 114 Å². The van der Waals surface area contributed by atoms with Gasteiger partial charge in [-0.1, -0.05) is 5.21 Å². The fourth-order valence-electron chi connectivity index (χ4n) is 2.02. The molecule has 1 aromatic rings. The number of rotatable bonds is 4. The molecule has 2 heterocycles. The van der Waals surface area contributed by atoms with Crippen molar-refractivity contribution in [2.75, 3.05) is 13.6 Å². The van der Waals surface area contributed by atoms with Gasteiger partial charge in [-0.15, -0.1) is 5.10 Å². The molecule has 20 heavy (non-hydrogen) atoms. The van der Waals surface area contributed by atoms with Crippen LogP contribution in [0.2, 0.25) is 0 Å². The molecular formula is C11H15N5O4. The first-order chi connectivity index (χ1) is 9.45. The fourth-order valence-corrected chi connectivity index (χ4v) is 2.02. The predicted molar refractivity (Wildman–Crippen MR) is 65.8 cm³/mol. The summed E-state index contributed by atoms with van der Waals surface area (Å²) in [6.07, 6.45) is 2.21. The van der Waals surface area contributed by atoms with E-state index in [9.17, 15) is 14.4 Å². The summed E-state index contributed by atoms with van der Waals surface area (Å²) in [5, 5.41) is 18.5. The molecule has 0 aromatic carbocycles. The highest BCUT2D eigenvalue weighted by molar-refractivity contribution is 5.85. The molecular weight excluding hydrogens is 266 g/mol. The number of hydrogen-bond donors (Lipinski definition) is 2. The topological polar surface area (TPSA) is 117 Å². The SMILES string of the molecule is CN1CC(NC(=O)Cn2cc(C(=O)O)nn2)CCC1=O. The molecule has 1 saturated heterocycles. The second kappa shape index (κ2) is 5.68. The Morgan fingerprint density at radius 1 is 1.55 bits per heavy atom. The number of amides is 2. The van der Waals surface area contributed by atoms with Crippen LogP contribution in [0, 0.1) is 0 Å². The summed E-state index contributed by atoms with van der Waals surface area (Å²) < 4.78 is 1.16. The van der Waals surface area contributed by atoms with E-state index in [0.717, 1.165) is 4.68 Å². The van der Waals surface area contributed by atoms with E-state index in [1.165, 1.54) is 6.20 Å². The lowest BCUT2D eigenvalue weighted by atomic mass is 10.1. The van der Waals surface area contributed by atoms with Crippen molar-refractivity contribution in [2.45, 2.75) is 25.4 Å². The third kappa shape index (κ3) is 3.31. The van der Waals surface area contributed by atoms with E-state index >= 15 is 0 Å². The predicted octanol–water partition coefficient (Wildman–Crippen LogP) is -1.29.